The third-order valence-corrected chi connectivity index (χ3v) is 4.77. The van der Waals surface area contributed by atoms with Crippen molar-refractivity contribution in [2.45, 2.75) is 44.4 Å². The number of nitrogens with one attached hydrogen (secondary N) is 1. The van der Waals surface area contributed by atoms with Gasteiger partial charge in [-0.1, -0.05) is 6.07 Å². The van der Waals surface area contributed by atoms with Crippen LogP contribution in [0.2, 0.25) is 0 Å². The molecule has 0 fully saturated rings. The number of rotatable bonds is 2. The fourth-order valence-electron chi connectivity index (χ4n) is 2.10. The van der Waals surface area contributed by atoms with Crippen molar-refractivity contribution in [1.29, 1.82) is 5.26 Å². The van der Waals surface area contributed by atoms with E-state index in [1.807, 2.05) is 39.0 Å². The summed E-state index contributed by atoms with van der Waals surface area (Å²) in [5.74, 6) is 0. The summed E-state index contributed by atoms with van der Waals surface area (Å²) in [5.41, 5.74) is 3.06. The normalized spacial score (nSPS) is 20.3. The maximum atomic E-state index is 12.1. The van der Waals surface area contributed by atoms with E-state index < -0.39 is 11.4 Å². The summed E-state index contributed by atoms with van der Waals surface area (Å²) < 4.78 is 15.0. The number of hydrogen-bond donors (Lipinski definition) is 1. The molecule has 0 aliphatic heterocycles. The molecular formula is C14H18N2OS. The average Bonchev–Trinajstić information content (AvgIpc) is 2.70. The van der Waals surface area contributed by atoms with Gasteiger partial charge in [0.2, 0.25) is 0 Å². The molecule has 2 atom stereocenters. The third-order valence-electron chi connectivity index (χ3n) is 3.16. The molecule has 0 spiro atoms. The highest BCUT2D eigenvalue weighted by Crippen LogP contribution is 2.33. The van der Waals surface area contributed by atoms with Crippen molar-refractivity contribution >= 4 is 11.4 Å². The van der Waals surface area contributed by atoms with Crippen molar-refractivity contribution in [2.24, 2.45) is 0 Å². The summed E-state index contributed by atoms with van der Waals surface area (Å²) in [6.07, 6.45) is 1.94. The van der Waals surface area contributed by atoms with Crippen LogP contribution < -0.4 is 4.72 Å². The van der Waals surface area contributed by atoms with Crippen molar-refractivity contribution in [2.75, 3.05) is 0 Å². The van der Waals surface area contributed by atoms with Crippen LogP contribution in [0.1, 0.15) is 49.9 Å². The van der Waals surface area contributed by atoms with Crippen LogP contribution in [-0.2, 0) is 17.8 Å². The SMILES string of the molecule is CC(C)(C)[S+]([O-])N[C@H]1CCc2ccc(C#N)cc21. The Balaban J connectivity index is 2.19. The summed E-state index contributed by atoms with van der Waals surface area (Å²) in [5, 5.41) is 8.94. The van der Waals surface area contributed by atoms with E-state index in [0.29, 0.717) is 5.56 Å². The first-order chi connectivity index (χ1) is 8.41. The lowest BCUT2D eigenvalue weighted by atomic mass is 10.1. The van der Waals surface area contributed by atoms with Crippen molar-refractivity contribution in [3.63, 3.8) is 0 Å². The second-order valence-electron chi connectivity index (χ2n) is 5.62. The number of hydrogen-bond acceptors (Lipinski definition) is 3. The lowest BCUT2D eigenvalue weighted by Crippen LogP contribution is -2.40. The van der Waals surface area contributed by atoms with Crippen LogP contribution in [0.4, 0.5) is 0 Å². The lowest BCUT2D eigenvalue weighted by Gasteiger charge is -2.26. The first-order valence-corrected chi connectivity index (χ1v) is 7.28. The molecule has 4 heteroatoms. The molecule has 3 nitrogen and oxygen atoms in total. The molecule has 0 saturated carbocycles. The van der Waals surface area contributed by atoms with E-state index >= 15 is 0 Å². The second-order valence-corrected chi connectivity index (χ2v) is 7.61. The van der Waals surface area contributed by atoms with Gasteiger partial charge in [-0.25, -0.2) is 0 Å². The Labute approximate surface area is 112 Å². The summed E-state index contributed by atoms with van der Waals surface area (Å²) in [6, 6.07) is 8.04. The van der Waals surface area contributed by atoms with Gasteiger partial charge in [0.15, 0.2) is 0 Å². The third kappa shape index (κ3) is 2.69. The first-order valence-electron chi connectivity index (χ1n) is 6.13. The summed E-state index contributed by atoms with van der Waals surface area (Å²) in [4.78, 5) is 0. The Bertz CT molecular complexity index is 488. The van der Waals surface area contributed by atoms with Crippen LogP contribution in [0.5, 0.6) is 0 Å². The van der Waals surface area contributed by atoms with E-state index in [4.69, 9.17) is 5.26 Å². The van der Waals surface area contributed by atoms with Gasteiger partial charge in [0.25, 0.3) is 0 Å². The van der Waals surface area contributed by atoms with Crippen LogP contribution >= 0.6 is 0 Å². The molecule has 1 N–H and O–H groups in total. The monoisotopic (exact) mass is 262 g/mol. The van der Waals surface area contributed by atoms with Crippen molar-refractivity contribution < 1.29 is 4.55 Å². The molecule has 1 aliphatic rings. The standard InChI is InChI=1S/C14H18N2OS/c1-14(2,3)18(17)16-13-7-6-11-5-4-10(9-15)8-12(11)13/h4-5,8,13,16H,6-7H2,1-3H3/t13-,18?/m0/s1. The van der Waals surface area contributed by atoms with Gasteiger partial charge < -0.3 is 4.55 Å². The fourth-order valence-corrected chi connectivity index (χ4v) is 2.96. The molecule has 1 aliphatic carbocycles. The minimum Gasteiger partial charge on any atom is -0.598 e. The molecule has 1 unspecified atom stereocenters. The zero-order valence-corrected chi connectivity index (χ0v) is 11.8. The Morgan fingerprint density at radius 3 is 2.78 bits per heavy atom. The minimum atomic E-state index is -1.08. The van der Waals surface area contributed by atoms with E-state index in [-0.39, 0.29) is 10.8 Å². The van der Waals surface area contributed by atoms with Gasteiger partial charge >= 0.3 is 0 Å². The molecule has 0 radical (unpaired) electrons. The van der Waals surface area contributed by atoms with Gasteiger partial charge in [0, 0.05) is 11.4 Å². The molecule has 0 heterocycles. The van der Waals surface area contributed by atoms with Crippen LogP contribution in [0.3, 0.4) is 0 Å². The van der Waals surface area contributed by atoms with Gasteiger partial charge in [0.1, 0.15) is 4.75 Å². The maximum absolute atomic E-state index is 12.1. The predicted molar refractivity (Wildman–Crippen MR) is 73.3 cm³/mol. The minimum absolute atomic E-state index is 0.105. The van der Waals surface area contributed by atoms with E-state index in [1.165, 1.54) is 5.56 Å². The number of aryl methyl sites for hydroxylation is 1. The van der Waals surface area contributed by atoms with Crippen LogP contribution in [0.25, 0.3) is 0 Å². The molecule has 0 amide bonds. The Hall–Kier alpha value is -1.02. The largest absolute Gasteiger partial charge is 0.598 e. The van der Waals surface area contributed by atoms with E-state index in [0.717, 1.165) is 18.4 Å². The fraction of sp³-hybridized carbons (Fsp3) is 0.500. The summed E-state index contributed by atoms with van der Waals surface area (Å²) in [6.45, 7) is 5.87. The zero-order valence-electron chi connectivity index (χ0n) is 11.0. The van der Waals surface area contributed by atoms with Gasteiger partial charge in [-0.05, 0) is 56.9 Å². The van der Waals surface area contributed by atoms with Gasteiger partial charge in [0.05, 0.1) is 17.7 Å². The maximum Gasteiger partial charge on any atom is 0.136 e. The van der Waals surface area contributed by atoms with E-state index in [1.54, 1.807) is 0 Å². The molecule has 0 bridgehead atoms. The average molecular weight is 262 g/mol. The topological polar surface area (TPSA) is 58.9 Å². The van der Waals surface area contributed by atoms with E-state index in [9.17, 15) is 4.55 Å². The number of nitriles is 1. The predicted octanol–water partition coefficient (Wildman–Crippen LogP) is 2.60. The van der Waals surface area contributed by atoms with E-state index in [2.05, 4.69) is 10.8 Å². The Morgan fingerprint density at radius 1 is 1.44 bits per heavy atom. The number of benzene rings is 1. The highest BCUT2D eigenvalue weighted by molar-refractivity contribution is 7.90. The van der Waals surface area contributed by atoms with Gasteiger partial charge in [-0.15, -0.1) is 4.72 Å². The quantitative estimate of drug-likeness (QED) is 0.833. The molecule has 1 aromatic rings. The second kappa shape index (κ2) is 4.93. The summed E-state index contributed by atoms with van der Waals surface area (Å²) >= 11 is -1.08. The highest BCUT2D eigenvalue weighted by atomic mass is 32.2. The Kier molecular flexibility index (Phi) is 3.67. The smallest absolute Gasteiger partial charge is 0.136 e. The number of fused-ring (bicyclic) bond motifs is 1. The molecule has 0 saturated heterocycles. The molecular weight excluding hydrogens is 244 g/mol. The molecule has 2 rings (SSSR count). The highest BCUT2D eigenvalue weighted by Gasteiger charge is 2.32. The number of nitrogens with zero attached hydrogens (tertiary/aromatic N) is 1. The lowest BCUT2D eigenvalue weighted by molar-refractivity contribution is 0.522. The Morgan fingerprint density at radius 2 is 2.17 bits per heavy atom. The first kappa shape index (κ1) is 13.4. The van der Waals surface area contributed by atoms with Crippen LogP contribution in [0, 0.1) is 11.3 Å². The van der Waals surface area contributed by atoms with Crippen molar-refractivity contribution in [3.05, 3.63) is 34.9 Å². The van der Waals surface area contributed by atoms with Crippen molar-refractivity contribution in [3.8, 4) is 6.07 Å². The summed E-state index contributed by atoms with van der Waals surface area (Å²) in [7, 11) is 0. The molecule has 18 heavy (non-hydrogen) atoms. The van der Waals surface area contributed by atoms with Crippen LogP contribution in [0.15, 0.2) is 18.2 Å². The molecule has 0 aromatic heterocycles. The molecule has 1 aromatic carbocycles. The van der Waals surface area contributed by atoms with Gasteiger partial charge in [-0.2, -0.15) is 5.26 Å². The van der Waals surface area contributed by atoms with Gasteiger partial charge in [-0.3, -0.25) is 0 Å². The molecule has 96 valence electrons. The van der Waals surface area contributed by atoms with Crippen LogP contribution in [-0.4, -0.2) is 9.30 Å². The zero-order chi connectivity index (χ0) is 13.3. The van der Waals surface area contributed by atoms with Crippen molar-refractivity contribution in [1.82, 2.24) is 4.72 Å².